The van der Waals surface area contributed by atoms with Gasteiger partial charge in [-0.3, -0.25) is 4.79 Å². The fourth-order valence-electron chi connectivity index (χ4n) is 2.38. The van der Waals surface area contributed by atoms with E-state index in [4.69, 9.17) is 4.74 Å². The number of para-hydroxylation sites is 1. The predicted octanol–water partition coefficient (Wildman–Crippen LogP) is 4.14. The molecule has 2 aromatic rings. The van der Waals surface area contributed by atoms with E-state index >= 15 is 0 Å². The Balaban J connectivity index is 2.09. The maximum atomic E-state index is 13.9. The fraction of sp³-hybridized carbons (Fsp3) is 0.188. The second-order valence-corrected chi connectivity index (χ2v) is 5.61. The maximum absolute atomic E-state index is 13.9. The van der Waals surface area contributed by atoms with Gasteiger partial charge in [0.25, 0.3) is 0 Å². The number of ether oxygens (including phenoxy) is 1. The molecule has 1 aliphatic rings. The number of hydrogen-bond donors (Lipinski definition) is 0. The molecule has 20 heavy (non-hydrogen) atoms. The highest BCUT2D eigenvalue weighted by Crippen LogP contribution is 2.31. The van der Waals surface area contributed by atoms with Crippen molar-refractivity contribution in [1.29, 1.82) is 0 Å². The van der Waals surface area contributed by atoms with Crippen molar-refractivity contribution in [1.82, 2.24) is 0 Å². The van der Waals surface area contributed by atoms with Crippen LogP contribution >= 0.6 is 15.9 Å². The molecule has 0 spiro atoms. The van der Waals surface area contributed by atoms with Crippen molar-refractivity contribution < 1.29 is 13.9 Å². The first-order chi connectivity index (χ1) is 9.66. The number of hydrogen-bond acceptors (Lipinski definition) is 2. The topological polar surface area (TPSA) is 26.3 Å². The van der Waals surface area contributed by atoms with Crippen molar-refractivity contribution in [2.45, 2.75) is 12.8 Å². The molecule has 4 heteroatoms. The Morgan fingerprint density at radius 3 is 2.90 bits per heavy atom. The average molecular weight is 335 g/mol. The van der Waals surface area contributed by atoms with Crippen molar-refractivity contribution in [3.8, 4) is 5.75 Å². The highest BCUT2D eigenvalue weighted by atomic mass is 79.9. The molecular formula is C16H12BrFO2. The normalized spacial score (nSPS) is 13.5. The van der Waals surface area contributed by atoms with Gasteiger partial charge in [-0.1, -0.05) is 28.1 Å². The number of benzene rings is 2. The van der Waals surface area contributed by atoms with Crippen LogP contribution in [0.4, 0.5) is 4.39 Å². The van der Waals surface area contributed by atoms with Crippen LogP contribution in [0.5, 0.6) is 5.75 Å². The number of aryl methyl sites for hydroxylation is 1. The molecule has 0 amide bonds. The largest absolute Gasteiger partial charge is 0.493 e. The Labute approximate surface area is 124 Å². The third kappa shape index (κ3) is 2.36. The molecule has 2 nitrogen and oxygen atoms in total. The van der Waals surface area contributed by atoms with E-state index in [0.29, 0.717) is 22.4 Å². The van der Waals surface area contributed by atoms with Crippen LogP contribution in [0.15, 0.2) is 40.9 Å². The third-order valence-electron chi connectivity index (χ3n) is 3.35. The standard InChI is InChI=1S/C16H12BrFO2/c17-11-6-7-14(18)13(9-11)15(19)12-5-1-3-10-4-2-8-20-16(10)12/h1,3,5-7,9H,2,4,8H2. The van der Waals surface area contributed by atoms with Gasteiger partial charge in [0.05, 0.1) is 17.7 Å². The van der Waals surface area contributed by atoms with E-state index in [1.165, 1.54) is 12.1 Å². The lowest BCUT2D eigenvalue weighted by molar-refractivity contribution is 0.103. The summed E-state index contributed by atoms with van der Waals surface area (Å²) in [5.41, 5.74) is 1.50. The Bertz CT molecular complexity index is 682. The van der Waals surface area contributed by atoms with Crippen LogP contribution in [-0.4, -0.2) is 12.4 Å². The molecule has 0 unspecified atom stereocenters. The molecule has 1 heterocycles. The van der Waals surface area contributed by atoms with Crippen LogP contribution in [0.25, 0.3) is 0 Å². The van der Waals surface area contributed by atoms with E-state index in [9.17, 15) is 9.18 Å². The number of rotatable bonds is 2. The molecule has 0 N–H and O–H groups in total. The van der Waals surface area contributed by atoms with Gasteiger partial charge in [-0.05, 0) is 42.7 Å². The molecule has 0 radical (unpaired) electrons. The molecule has 0 saturated carbocycles. The van der Waals surface area contributed by atoms with Gasteiger partial charge >= 0.3 is 0 Å². The van der Waals surface area contributed by atoms with E-state index in [2.05, 4.69) is 15.9 Å². The SMILES string of the molecule is O=C(c1cc(Br)ccc1F)c1cccc2c1OCCC2. The van der Waals surface area contributed by atoms with Gasteiger partial charge in [-0.25, -0.2) is 4.39 Å². The van der Waals surface area contributed by atoms with Gasteiger partial charge in [-0.15, -0.1) is 0 Å². The van der Waals surface area contributed by atoms with Crippen molar-refractivity contribution >= 4 is 21.7 Å². The zero-order valence-corrected chi connectivity index (χ0v) is 12.2. The lowest BCUT2D eigenvalue weighted by atomic mass is 9.96. The lowest BCUT2D eigenvalue weighted by Gasteiger charge is -2.19. The first kappa shape index (κ1) is 13.3. The minimum Gasteiger partial charge on any atom is -0.493 e. The van der Waals surface area contributed by atoms with Crippen molar-refractivity contribution in [2.75, 3.05) is 6.61 Å². The molecule has 1 aliphatic heterocycles. The molecule has 0 atom stereocenters. The van der Waals surface area contributed by atoms with Crippen molar-refractivity contribution in [2.24, 2.45) is 0 Å². The molecule has 0 fully saturated rings. The predicted molar refractivity (Wildman–Crippen MR) is 77.8 cm³/mol. The van der Waals surface area contributed by atoms with Gasteiger partial charge in [0, 0.05) is 4.47 Å². The van der Waals surface area contributed by atoms with E-state index < -0.39 is 5.82 Å². The molecule has 0 saturated heterocycles. The molecule has 0 bridgehead atoms. The number of halogens is 2. The van der Waals surface area contributed by atoms with Gasteiger partial charge in [-0.2, -0.15) is 0 Å². The first-order valence-corrected chi connectivity index (χ1v) is 7.20. The van der Waals surface area contributed by atoms with Gasteiger partial charge in [0.2, 0.25) is 0 Å². The quantitative estimate of drug-likeness (QED) is 0.771. The Kier molecular flexibility index (Phi) is 3.57. The van der Waals surface area contributed by atoms with Crippen LogP contribution in [0.2, 0.25) is 0 Å². The molecule has 0 aromatic heterocycles. The highest BCUT2D eigenvalue weighted by molar-refractivity contribution is 9.10. The van der Waals surface area contributed by atoms with Crippen LogP contribution in [0.3, 0.4) is 0 Å². The summed E-state index contributed by atoms with van der Waals surface area (Å²) >= 11 is 3.26. The first-order valence-electron chi connectivity index (χ1n) is 6.41. The number of carbonyl (C=O) groups excluding carboxylic acids is 1. The van der Waals surface area contributed by atoms with Crippen LogP contribution < -0.4 is 4.74 Å². The highest BCUT2D eigenvalue weighted by Gasteiger charge is 2.22. The minimum atomic E-state index is -0.522. The Hall–Kier alpha value is -1.68. The maximum Gasteiger partial charge on any atom is 0.199 e. The van der Waals surface area contributed by atoms with Crippen LogP contribution in [0.1, 0.15) is 27.9 Å². The number of carbonyl (C=O) groups is 1. The zero-order valence-electron chi connectivity index (χ0n) is 10.7. The number of ketones is 1. The van der Waals surface area contributed by atoms with E-state index in [-0.39, 0.29) is 11.3 Å². The Morgan fingerprint density at radius 1 is 1.20 bits per heavy atom. The summed E-state index contributed by atoms with van der Waals surface area (Å²) in [5, 5.41) is 0. The minimum absolute atomic E-state index is 0.0574. The van der Waals surface area contributed by atoms with Crippen LogP contribution in [0, 0.1) is 5.82 Å². The van der Waals surface area contributed by atoms with E-state index in [1.807, 2.05) is 12.1 Å². The second-order valence-electron chi connectivity index (χ2n) is 4.70. The van der Waals surface area contributed by atoms with E-state index in [1.54, 1.807) is 12.1 Å². The van der Waals surface area contributed by atoms with Crippen LogP contribution in [-0.2, 0) is 6.42 Å². The zero-order chi connectivity index (χ0) is 14.1. The smallest absolute Gasteiger partial charge is 0.199 e. The van der Waals surface area contributed by atoms with Crippen molar-refractivity contribution in [3.63, 3.8) is 0 Å². The second kappa shape index (κ2) is 5.37. The summed E-state index contributed by atoms with van der Waals surface area (Å²) < 4.78 is 20.1. The third-order valence-corrected chi connectivity index (χ3v) is 3.84. The van der Waals surface area contributed by atoms with Crippen molar-refractivity contribution in [3.05, 3.63) is 63.4 Å². The summed E-state index contributed by atoms with van der Waals surface area (Å²) in [6.07, 6.45) is 1.83. The van der Waals surface area contributed by atoms with E-state index in [0.717, 1.165) is 18.4 Å². The summed E-state index contributed by atoms with van der Waals surface area (Å²) in [6.45, 7) is 0.595. The molecule has 102 valence electrons. The summed E-state index contributed by atoms with van der Waals surface area (Å²) in [7, 11) is 0. The number of fused-ring (bicyclic) bond motifs is 1. The van der Waals surface area contributed by atoms with Gasteiger partial charge in [0.15, 0.2) is 5.78 Å². The average Bonchev–Trinajstić information content (AvgIpc) is 2.48. The summed E-state index contributed by atoms with van der Waals surface area (Å²) in [4.78, 5) is 12.6. The fourth-order valence-corrected chi connectivity index (χ4v) is 2.75. The Morgan fingerprint density at radius 2 is 2.05 bits per heavy atom. The monoisotopic (exact) mass is 334 g/mol. The van der Waals surface area contributed by atoms with Gasteiger partial charge in [0.1, 0.15) is 11.6 Å². The molecule has 3 rings (SSSR count). The molecule has 2 aromatic carbocycles. The lowest BCUT2D eigenvalue weighted by Crippen LogP contribution is -2.14. The van der Waals surface area contributed by atoms with Gasteiger partial charge < -0.3 is 4.74 Å². The summed E-state index contributed by atoms with van der Waals surface area (Å²) in [6, 6.07) is 9.81. The summed E-state index contributed by atoms with van der Waals surface area (Å²) in [5.74, 6) is -0.266. The molecular weight excluding hydrogens is 323 g/mol. The molecule has 0 aliphatic carbocycles.